The number of allylic oxidation sites excluding steroid dienone is 2. The quantitative estimate of drug-likeness (QED) is 0.427. The van der Waals surface area contributed by atoms with Gasteiger partial charge in [-0.1, -0.05) is 0 Å². The van der Waals surface area contributed by atoms with Crippen LogP contribution in [-0.2, 0) is 7.48 Å². The minimum absolute atomic E-state index is 0.0758. The molecule has 0 aliphatic rings. The zero-order chi connectivity index (χ0) is 9.56. The Labute approximate surface area is 83.8 Å². The second-order valence-electron chi connectivity index (χ2n) is 2.92. The Hall–Kier alpha value is 0.132. The SMILES string of the molecule is C[CH2][Tl]([CH2]C)[O]/C(C)=C\C(C)=O. The van der Waals surface area contributed by atoms with Gasteiger partial charge in [-0.05, 0) is 0 Å². The molecule has 0 bridgehead atoms. The van der Waals surface area contributed by atoms with Gasteiger partial charge in [0.1, 0.15) is 0 Å². The topological polar surface area (TPSA) is 26.3 Å². The Bertz CT molecular complexity index is 171. The number of carbonyl (C=O) groups excluding carboxylic acids is 1. The minimum atomic E-state index is -1.80. The van der Waals surface area contributed by atoms with Crippen LogP contribution in [0.2, 0.25) is 7.96 Å². The predicted octanol–water partition coefficient (Wildman–Crippen LogP) is 2.53. The van der Waals surface area contributed by atoms with Crippen LogP contribution in [0.1, 0.15) is 27.7 Å². The van der Waals surface area contributed by atoms with Crippen LogP contribution in [0.25, 0.3) is 0 Å². The van der Waals surface area contributed by atoms with Gasteiger partial charge in [0.2, 0.25) is 0 Å². The summed E-state index contributed by atoms with van der Waals surface area (Å²) in [7, 11) is 0. The van der Waals surface area contributed by atoms with Gasteiger partial charge < -0.3 is 0 Å². The van der Waals surface area contributed by atoms with Crippen molar-refractivity contribution in [2.75, 3.05) is 0 Å². The van der Waals surface area contributed by atoms with Gasteiger partial charge >= 0.3 is 83.9 Å². The van der Waals surface area contributed by atoms with Gasteiger partial charge in [-0.2, -0.15) is 0 Å². The van der Waals surface area contributed by atoms with Crippen LogP contribution in [0.15, 0.2) is 11.8 Å². The van der Waals surface area contributed by atoms with Crippen molar-refractivity contribution >= 4 is 28.9 Å². The fourth-order valence-corrected chi connectivity index (χ4v) is 6.89. The van der Waals surface area contributed by atoms with E-state index in [1.165, 1.54) is 7.96 Å². The second kappa shape index (κ2) is 6.63. The van der Waals surface area contributed by atoms with Crippen LogP contribution < -0.4 is 0 Å². The van der Waals surface area contributed by atoms with E-state index in [-0.39, 0.29) is 5.78 Å². The predicted molar refractivity (Wildman–Crippen MR) is 52.2 cm³/mol. The van der Waals surface area contributed by atoms with Crippen molar-refractivity contribution in [3.8, 4) is 0 Å². The summed E-state index contributed by atoms with van der Waals surface area (Å²) in [6, 6.07) is 0. The van der Waals surface area contributed by atoms with Gasteiger partial charge in [-0.15, -0.1) is 0 Å². The van der Waals surface area contributed by atoms with Gasteiger partial charge in [0, 0.05) is 0 Å². The summed E-state index contributed by atoms with van der Waals surface area (Å²) in [5, 5.41) is 0. The van der Waals surface area contributed by atoms with Gasteiger partial charge in [-0.3, -0.25) is 0 Å². The van der Waals surface area contributed by atoms with Crippen molar-refractivity contribution < 1.29 is 7.48 Å². The summed E-state index contributed by atoms with van der Waals surface area (Å²) >= 11 is -1.80. The zero-order valence-electron chi connectivity index (χ0n) is 8.39. The molecule has 0 spiro atoms. The van der Waals surface area contributed by atoms with Gasteiger partial charge in [0.15, 0.2) is 0 Å². The van der Waals surface area contributed by atoms with Crippen LogP contribution in [-0.4, -0.2) is 28.9 Å². The molecule has 68 valence electrons. The zero-order valence-corrected chi connectivity index (χ0v) is 12.9. The molecule has 0 aliphatic carbocycles. The summed E-state index contributed by atoms with van der Waals surface area (Å²) in [5.41, 5.74) is 0. The van der Waals surface area contributed by atoms with E-state index in [9.17, 15) is 4.79 Å². The third-order valence-corrected chi connectivity index (χ3v) is 11.5. The van der Waals surface area contributed by atoms with E-state index in [2.05, 4.69) is 13.8 Å². The molecule has 0 N–H and O–H groups in total. The molecule has 0 heterocycles. The number of ketones is 1. The molecule has 0 aromatic carbocycles. The van der Waals surface area contributed by atoms with Crippen molar-refractivity contribution in [2.24, 2.45) is 0 Å². The Morgan fingerprint density at radius 3 is 2.17 bits per heavy atom. The summed E-state index contributed by atoms with van der Waals surface area (Å²) in [6.07, 6.45) is 1.58. The Kier molecular flexibility index (Phi) is 6.70. The molecule has 3 heteroatoms. The van der Waals surface area contributed by atoms with E-state index in [4.69, 9.17) is 2.69 Å². The van der Waals surface area contributed by atoms with Crippen molar-refractivity contribution in [1.29, 1.82) is 0 Å². The Morgan fingerprint density at radius 2 is 1.83 bits per heavy atom. The maximum absolute atomic E-state index is 10.7. The normalized spacial score (nSPS) is 11.2. The van der Waals surface area contributed by atoms with Crippen molar-refractivity contribution in [3.63, 3.8) is 0 Å². The van der Waals surface area contributed by atoms with Gasteiger partial charge in [0.25, 0.3) is 0 Å². The Balaban J connectivity index is 3.97. The van der Waals surface area contributed by atoms with E-state index in [0.717, 1.165) is 5.76 Å². The molecule has 0 fully saturated rings. The van der Waals surface area contributed by atoms with E-state index >= 15 is 0 Å². The number of hydrogen-bond donors (Lipinski definition) is 0. The van der Waals surface area contributed by atoms with Crippen molar-refractivity contribution in [1.82, 2.24) is 0 Å². The molecular weight excluding hydrogens is 344 g/mol. The second-order valence-corrected chi connectivity index (χ2v) is 15.0. The van der Waals surface area contributed by atoms with Crippen LogP contribution >= 0.6 is 0 Å². The third-order valence-electron chi connectivity index (χ3n) is 1.67. The van der Waals surface area contributed by atoms with E-state index in [1.54, 1.807) is 13.0 Å². The molecule has 0 aromatic heterocycles. The molecule has 0 amide bonds. The molecule has 0 unspecified atom stereocenters. The van der Waals surface area contributed by atoms with E-state index in [1.807, 2.05) is 6.92 Å². The molecule has 0 aromatic rings. The first-order valence-corrected chi connectivity index (χ1v) is 12.6. The first-order valence-electron chi connectivity index (χ1n) is 4.45. The van der Waals surface area contributed by atoms with Crippen LogP contribution in [0.5, 0.6) is 0 Å². The number of carbonyl (C=O) groups is 1. The number of hydrogen-bond acceptors (Lipinski definition) is 2. The summed E-state index contributed by atoms with van der Waals surface area (Å²) in [5.74, 6) is 0.893. The molecule has 0 rings (SSSR count). The standard InChI is InChI=1S/C5H8O2.2C2H5.Tl/c1-4(6)3-5(2)7;2*1-2;/h3,6H,1-2H3;2*1H2,2H3;/q;;;+1/p-1/b4-3-;;;. The molecule has 2 nitrogen and oxygen atoms in total. The van der Waals surface area contributed by atoms with Crippen molar-refractivity contribution in [3.05, 3.63) is 11.8 Å². The molecule has 12 heavy (non-hydrogen) atoms. The molecule has 0 saturated carbocycles. The third kappa shape index (κ3) is 5.74. The van der Waals surface area contributed by atoms with Gasteiger partial charge in [0.05, 0.1) is 0 Å². The average molecular weight is 362 g/mol. The molecule has 0 radical (unpaired) electrons. The molecule has 0 aliphatic heterocycles. The average Bonchev–Trinajstić information content (AvgIpc) is 1.98. The molecule has 0 atom stereocenters. The monoisotopic (exact) mass is 362 g/mol. The molecular formula is C9H17O2Tl. The molecule has 0 saturated heterocycles. The first kappa shape index (κ1) is 12.1. The van der Waals surface area contributed by atoms with E-state index < -0.39 is 23.2 Å². The maximum atomic E-state index is 10.7. The number of rotatable bonds is 5. The van der Waals surface area contributed by atoms with Crippen LogP contribution in [0, 0.1) is 0 Å². The fourth-order valence-electron chi connectivity index (χ4n) is 1.04. The van der Waals surface area contributed by atoms with Crippen LogP contribution in [0.3, 0.4) is 0 Å². The summed E-state index contributed by atoms with van der Waals surface area (Å²) in [4.78, 5) is 10.7. The van der Waals surface area contributed by atoms with Gasteiger partial charge in [-0.25, -0.2) is 0 Å². The van der Waals surface area contributed by atoms with E-state index in [0.29, 0.717) is 0 Å². The van der Waals surface area contributed by atoms with Crippen molar-refractivity contribution in [2.45, 2.75) is 35.7 Å². The van der Waals surface area contributed by atoms with Crippen LogP contribution in [0.4, 0.5) is 0 Å². The first-order chi connectivity index (χ1) is 5.60. The summed E-state index contributed by atoms with van der Waals surface area (Å²) in [6.45, 7) is 7.78. The fraction of sp³-hybridized carbons (Fsp3) is 0.667. The Morgan fingerprint density at radius 1 is 1.33 bits per heavy atom. The summed E-state index contributed by atoms with van der Waals surface area (Å²) < 4.78 is 8.14.